The zero-order valence-electron chi connectivity index (χ0n) is 25.1. The van der Waals surface area contributed by atoms with Crippen molar-refractivity contribution in [3.8, 4) is 22.6 Å². The second-order valence-electron chi connectivity index (χ2n) is 10.3. The lowest BCUT2D eigenvalue weighted by molar-refractivity contribution is 0.397. The van der Waals surface area contributed by atoms with E-state index < -0.39 is 14.6 Å². The summed E-state index contributed by atoms with van der Waals surface area (Å²) in [7, 11) is -4.65. The van der Waals surface area contributed by atoms with E-state index in [9.17, 15) is 0 Å². The minimum atomic E-state index is -4.01. The number of methoxy groups -OCH3 is 2. The Morgan fingerprint density at radius 1 is 0.444 bits per heavy atom. The number of anilines is 1. The molecule has 1 unspecified atom stereocenters. The quantitative estimate of drug-likeness (QED) is 0.144. The van der Waals surface area contributed by atoms with Crippen molar-refractivity contribution in [1.29, 1.82) is 0 Å². The van der Waals surface area contributed by atoms with Gasteiger partial charge in [-0.3, -0.25) is 13.6 Å². The standard InChI is InChI=1S/C38H33NO4P2/c1-42-35-27-17-28-36(43-2)38(35)34-26-15-16-29-37(34)45(41,33-24-13-6-14-25-33)39(30-18-7-3-8-19-30)44(40,31-20-9-4-10-21-31)32-22-11-5-12-23-32/h3-29H,1-2H3. The maximum atomic E-state index is 16.8. The normalized spacial score (nSPS) is 12.6. The third-order valence-electron chi connectivity index (χ3n) is 7.77. The van der Waals surface area contributed by atoms with Gasteiger partial charge in [-0.15, -0.1) is 0 Å². The highest BCUT2D eigenvalue weighted by atomic mass is 31.2. The van der Waals surface area contributed by atoms with Gasteiger partial charge in [-0.1, -0.05) is 97.1 Å². The summed E-state index contributed by atoms with van der Waals surface area (Å²) in [5.74, 6) is 1.14. The first kappa shape index (κ1) is 30.2. The molecule has 1 atom stereocenters. The van der Waals surface area contributed by atoms with Crippen LogP contribution in [0.15, 0.2) is 164 Å². The van der Waals surface area contributed by atoms with Gasteiger partial charge in [0.05, 0.1) is 25.5 Å². The predicted octanol–water partition coefficient (Wildman–Crippen LogP) is 8.04. The molecule has 0 amide bonds. The summed E-state index contributed by atoms with van der Waals surface area (Å²) in [6.07, 6.45) is 0. The molecule has 0 radical (unpaired) electrons. The number of hydrogen-bond acceptors (Lipinski definition) is 4. The average Bonchev–Trinajstić information content (AvgIpc) is 3.12. The van der Waals surface area contributed by atoms with E-state index in [4.69, 9.17) is 9.47 Å². The van der Waals surface area contributed by atoms with Gasteiger partial charge in [-0.05, 0) is 66.7 Å². The fourth-order valence-electron chi connectivity index (χ4n) is 5.74. The number of nitrogens with zero attached hydrogens (tertiary/aromatic N) is 1. The van der Waals surface area contributed by atoms with Gasteiger partial charge in [0.15, 0.2) is 0 Å². The zero-order valence-corrected chi connectivity index (χ0v) is 26.9. The molecule has 7 heteroatoms. The van der Waals surface area contributed by atoms with Gasteiger partial charge < -0.3 is 9.47 Å². The molecule has 45 heavy (non-hydrogen) atoms. The highest BCUT2D eigenvalue weighted by Crippen LogP contribution is 2.66. The highest BCUT2D eigenvalue weighted by Gasteiger charge is 2.48. The van der Waals surface area contributed by atoms with Crippen LogP contribution in [0.25, 0.3) is 11.1 Å². The highest BCUT2D eigenvalue weighted by molar-refractivity contribution is 7.96. The monoisotopic (exact) mass is 629 g/mol. The Hall–Kier alpha value is -4.82. The van der Waals surface area contributed by atoms with E-state index in [1.807, 2.05) is 164 Å². The van der Waals surface area contributed by atoms with Crippen molar-refractivity contribution in [2.75, 3.05) is 18.7 Å². The molecular weight excluding hydrogens is 596 g/mol. The molecule has 0 fully saturated rings. The van der Waals surface area contributed by atoms with E-state index in [-0.39, 0.29) is 0 Å². The van der Waals surface area contributed by atoms with Crippen LogP contribution in [0.1, 0.15) is 0 Å². The lowest BCUT2D eigenvalue weighted by atomic mass is 10.0. The minimum Gasteiger partial charge on any atom is -0.496 e. The largest absolute Gasteiger partial charge is 0.496 e. The van der Waals surface area contributed by atoms with Gasteiger partial charge in [-0.2, -0.15) is 0 Å². The summed E-state index contributed by atoms with van der Waals surface area (Å²) in [6.45, 7) is 0. The van der Waals surface area contributed by atoms with E-state index in [0.29, 0.717) is 49.5 Å². The molecule has 0 aliphatic carbocycles. The first-order valence-corrected chi connectivity index (χ1v) is 17.9. The first-order valence-electron chi connectivity index (χ1n) is 14.6. The minimum absolute atomic E-state index is 0.509. The Bertz CT molecular complexity index is 1920. The Balaban J connectivity index is 1.79. The predicted molar refractivity (Wildman–Crippen MR) is 187 cm³/mol. The Labute approximate surface area is 264 Å². The van der Waals surface area contributed by atoms with Crippen molar-refractivity contribution in [2.24, 2.45) is 0 Å². The summed E-state index contributed by atoms with van der Waals surface area (Å²) < 4.78 is 46.5. The van der Waals surface area contributed by atoms with Crippen molar-refractivity contribution in [3.63, 3.8) is 0 Å². The molecule has 0 saturated heterocycles. The molecule has 6 aromatic carbocycles. The van der Waals surface area contributed by atoms with Gasteiger partial charge in [-0.25, -0.2) is 0 Å². The SMILES string of the molecule is COc1cccc(OC)c1-c1ccccc1P(=O)(c1ccccc1)N(c1ccccc1)P(=O)(c1ccccc1)c1ccccc1. The Kier molecular flexibility index (Phi) is 8.76. The smallest absolute Gasteiger partial charge is 0.236 e. The van der Waals surface area contributed by atoms with E-state index in [1.54, 1.807) is 18.7 Å². The van der Waals surface area contributed by atoms with Crippen molar-refractivity contribution < 1.29 is 18.6 Å². The molecule has 5 nitrogen and oxygen atoms in total. The topological polar surface area (TPSA) is 55.8 Å². The number of rotatable bonds is 10. The summed E-state index contributed by atoms with van der Waals surface area (Å²) in [6, 6.07) is 50.6. The molecule has 224 valence electrons. The van der Waals surface area contributed by atoms with Crippen LogP contribution in [-0.4, -0.2) is 14.2 Å². The van der Waals surface area contributed by atoms with E-state index in [2.05, 4.69) is 0 Å². The van der Waals surface area contributed by atoms with Gasteiger partial charge >= 0.3 is 0 Å². The molecule has 6 rings (SSSR count). The summed E-state index contributed by atoms with van der Waals surface area (Å²) in [4.78, 5) is 0. The number of hydrogen-bond donors (Lipinski definition) is 0. The van der Waals surface area contributed by atoms with Crippen molar-refractivity contribution in [1.82, 2.24) is 0 Å². The van der Waals surface area contributed by atoms with E-state index in [0.717, 1.165) is 0 Å². The third-order valence-corrected chi connectivity index (χ3v) is 14.8. The number of benzene rings is 6. The van der Waals surface area contributed by atoms with Crippen LogP contribution >= 0.6 is 14.6 Å². The van der Waals surface area contributed by atoms with Crippen molar-refractivity contribution in [2.45, 2.75) is 0 Å². The maximum Gasteiger partial charge on any atom is 0.236 e. The van der Waals surface area contributed by atoms with Crippen LogP contribution in [0.5, 0.6) is 11.5 Å². The maximum absolute atomic E-state index is 16.8. The third kappa shape index (κ3) is 5.40. The van der Waals surface area contributed by atoms with E-state index in [1.165, 1.54) is 0 Å². The molecule has 0 aliphatic heterocycles. The Morgan fingerprint density at radius 3 is 1.31 bits per heavy atom. The molecule has 0 heterocycles. The fourth-order valence-corrected chi connectivity index (χ4v) is 13.3. The van der Waals surface area contributed by atoms with Gasteiger partial charge in [0.2, 0.25) is 14.6 Å². The molecule has 6 aromatic rings. The fraction of sp³-hybridized carbons (Fsp3) is 0.0526. The van der Waals surface area contributed by atoms with Crippen LogP contribution < -0.4 is 35.1 Å². The molecule has 0 spiro atoms. The molecule has 0 bridgehead atoms. The lowest BCUT2D eigenvalue weighted by Crippen LogP contribution is -2.37. The van der Waals surface area contributed by atoms with E-state index >= 15 is 9.13 Å². The summed E-state index contributed by atoms with van der Waals surface area (Å²) in [5.41, 5.74) is 1.90. The van der Waals surface area contributed by atoms with Crippen molar-refractivity contribution >= 4 is 41.5 Å². The van der Waals surface area contributed by atoms with Gasteiger partial charge in [0.25, 0.3) is 0 Å². The Morgan fingerprint density at radius 2 is 0.844 bits per heavy atom. The average molecular weight is 630 g/mol. The number of para-hydroxylation sites is 1. The molecular formula is C38H33NO4P2. The van der Waals surface area contributed by atoms with Crippen molar-refractivity contribution in [3.05, 3.63) is 164 Å². The lowest BCUT2D eigenvalue weighted by Gasteiger charge is -2.41. The molecule has 0 N–H and O–H groups in total. The van der Waals surface area contributed by atoms with Crippen LogP contribution in [-0.2, 0) is 9.13 Å². The molecule has 0 aliphatic rings. The number of ether oxygens (including phenoxy) is 2. The summed E-state index contributed by atoms with van der Waals surface area (Å²) >= 11 is 0. The van der Waals surface area contributed by atoms with Crippen LogP contribution in [0.4, 0.5) is 5.69 Å². The molecule has 0 aromatic heterocycles. The van der Waals surface area contributed by atoms with Crippen LogP contribution in [0.2, 0.25) is 0 Å². The zero-order chi connectivity index (χ0) is 31.3. The second kappa shape index (κ2) is 13.0. The van der Waals surface area contributed by atoms with Gasteiger partial charge in [0.1, 0.15) is 11.5 Å². The van der Waals surface area contributed by atoms with Crippen LogP contribution in [0.3, 0.4) is 0 Å². The van der Waals surface area contributed by atoms with Gasteiger partial charge in [0, 0.05) is 26.8 Å². The molecule has 0 saturated carbocycles. The second-order valence-corrected chi connectivity index (χ2v) is 15.8. The van der Waals surface area contributed by atoms with Crippen LogP contribution in [0, 0.1) is 0 Å². The summed E-state index contributed by atoms with van der Waals surface area (Å²) in [5, 5.41) is 2.20. The first-order chi connectivity index (χ1) is 22.0.